The van der Waals surface area contributed by atoms with Gasteiger partial charge in [0.1, 0.15) is 16.6 Å². The highest BCUT2D eigenvalue weighted by molar-refractivity contribution is 7.99. The van der Waals surface area contributed by atoms with Gasteiger partial charge in [0.05, 0.1) is 12.7 Å². The fourth-order valence-corrected chi connectivity index (χ4v) is 2.53. The maximum atomic E-state index is 12.9. The molecule has 0 amide bonds. The van der Waals surface area contributed by atoms with E-state index in [1.54, 1.807) is 24.3 Å². The SMILES string of the molecule is CNc1cc(C(F)(F)F)cc(Sc2cccc(OC)c2)n1. The Hall–Kier alpha value is -1.89. The molecule has 0 radical (unpaired) electrons. The van der Waals surface area contributed by atoms with Gasteiger partial charge in [0.25, 0.3) is 0 Å². The third-order valence-corrected chi connectivity index (χ3v) is 3.56. The van der Waals surface area contributed by atoms with Crippen LogP contribution in [0.4, 0.5) is 19.0 Å². The molecule has 112 valence electrons. The maximum absolute atomic E-state index is 12.9. The molecule has 0 unspecified atom stereocenters. The van der Waals surface area contributed by atoms with E-state index in [0.29, 0.717) is 5.75 Å². The fraction of sp³-hybridized carbons (Fsp3) is 0.214. The Bertz CT molecular complexity index is 632. The first-order chi connectivity index (χ1) is 9.92. The number of anilines is 1. The average Bonchev–Trinajstić information content (AvgIpc) is 2.46. The zero-order valence-electron chi connectivity index (χ0n) is 11.4. The van der Waals surface area contributed by atoms with Crippen molar-refractivity contribution in [3.05, 3.63) is 42.0 Å². The predicted molar refractivity (Wildman–Crippen MR) is 75.9 cm³/mol. The van der Waals surface area contributed by atoms with E-state index in [1.807, 2.05) is 0 Å². The van der Waals surface area contributed by atoms with Gasteiger partial charge in [0.15, 0.2) is 0 Å². The Kier molecular flexibility index (Phi) is 4.62. The van der Waals surface area contributed by atoms with Crippen LogP contribution in [0.5, 0.6) is 5.75 Å². The van der Waals surface area contributed by atoms with Crippen LogP contribution in [0, 0.1) is 0 Å². The van der Waals surface area contributed by atoms with Gasteiger partial charge in [-0.2, -0.15) is 13.2 Å². The van der Waals surface area contributed by atoms with Crippen molar-refractivity contribution in [3.8, 4) is 5.75 Å². The summed E-state index contributed by atoms with van der Waals surface area (Å²) in [6, 6.07) is 9.08. The van der Waals surface area contributed by atoms with Gasteiger partial charge in [-0.3, -0.25) is 0 Å². The number of rotatable bonds is 4. The number of nitrogens with zero attached hydrogens (tertiary/aromatic N) is 1. The summed E-state index contributed by atoms with van der Waals surface area (Å²) in [6.07, 6.45) is -4.40. The Labute approximate surface area is 124 Å². The van der Waals surface area contributed by atoms with Gasteiger partial charge in [-0.1, -0.05) is 17.8 Å². The predicted octanol–water partition coefficient (Wildman–Crippen LogP) is 4.30. The van der Waals surface area contributed by atoms with Crippen molar-refractivity contribution < 1.29 is 17.9 Å². The summed E-state index contributed by atoms with van der Waals surface area (Å²) in [6.45, 7) is 0. The van der Waals surface area contributed by atoms with E-state index < -0.39 is 11.7 Å². The highest BCUT2D eigenvalue weighted by Crippen LogP contribution is 2.35. The van der Waals surface area contributed by atoms with Crippen LogP contribution in [0.25, 0.3) is 0 Å². The van der Waals surface area contributed by atoms with Crippen molar-refractivity contribution in [3.63, 3.8) is 0 Å². The highest BCUT2D eigenvalue weighted by atomic mass is 32.2. The number of hydrogen-bond acceptors (Lipinski definition) is 4. The number of benzene rings is 1. The molecule has 3 nitrogen and oxygen atoms in total. The summed E-state index contributed by atoms with van der Waals surface area (Å²) in [5.41, 5.74) is -0.729. The molecule has 0 saturated carbocycles. The lowest BCUT2D eigenvalue weighted by Crippen LogP contribution is -2.07. The first-order valence-corrected chi connectivity index (χ1v) is 6.83. The average molecular weight is 314 g/mol. The molecule has 0 atom stereocenters. The Morgan fingerprint density at radius 1 is 1.19 bits per heavy atom. The molecular weight excluding hydrogens is 301 g/mol. The van der Waals surface area contributed by atoms with Crippen LogP contribution in [0.2, 0.25) is 0 Å². The molecule has 0 fully saturated rings. The van der Waals surface area contributed by atoms with Crippen LogP contribution >= 0.6 is 11.8 Å². The van der Waals surface area contributed by atoms with Gasteiger partial charge in [-0.05, 0) is 30.3 Å². The number of aromatic nitrogens is 1. The first-order valence-electron chi connectivity index (χ1n) is 6.01. The third-order valence-electron chi connectivity index (χ3n) is 2.65. The number of hydrogen-bond donors (Lipinski definition) is 1. The van der Waals surface area contributed by atoms with E-state index in [9.17, 15) is 13.2 Å². The number of ether oxygens (including phenoxy) is 1. The quantitative estimate of drug-likeness (QED) is 0.912. The summed E-state index contributed by atoms with van der Waals surface area (Å²) in [4.78, 5) is 4.88. The molecular formula is C14H13F3N2OS. The zero-order chi connectivity index (χ0) is 15.5. The summed E-state index contributed by atoms with van der Waals surface area (Å²) in [7, 11) is 3.06. The minimum atomic E-state index is -4.40. The van der Waals surface area contributed by atoms with Gasteiger partial charge in [-0.25, -0.2) is 4.98 Å². The minimum absolute atomic E-state index is 0.176. The van der Waals surface area contributed by atoms with Crippen molar-refractivity contribution in [2.24, 2.45) is 0 Å². The largest absolute Gasteiger partial charge is 0.497 e. The van der Waals surface area contributed by atoms with Crippen molar-refractivity contribution in [2.45, 2.75) is 16.1 Å². The maximum Gasteiger partial charge on any atom is 0.416 e. The molecule has 0 aliphatic carbocycles. The fourth-order valence-electron chi connectivity index (χ4n) is 1.63. The van der Waals surface area contributed by atoms with Crippen molar-refractivity contribution in [1.82, 2.24) is 4.98 Å². The number of nitrogens with one attached hydrogen (secondary N) is 1. The first kappa shape index (κ1) is 15.5. The van der Waals surface area contributed by atoms with Gasteiger partial charge in [-0.15, -0.1) is 0 Å². The summed E-state index contributed by atoms with van der Waals surface area (Å²) >= 11 is 1.15. The van der Waals surface area contributed by atoms with Crippen molar-refractivity contribution in [1.29, 1.82) is 0 Å². The van der Waals surface area contributed by atoms with E-state index in [2.05, 4.69) is 10.3 Å². The molecule has 1 aromatic heterocycles. The van der Waals surface area contributed by atoms with Crippen LogP contribution in [-0.2, 0) is 6.18 Å². The molecule has 2 aromatic rings. The lowest BCUT2D eigenvalue weighted by molar-refractivity contribution is -0.137. The smallest absolute Gasteiger partial charge is 0.416 e. The van der Waals surface area contributed by atoms with Crippen molar-refractivity contribution >= 4 is 17.6 Å². The van der Waals surface area contributed by atoms with E-state index >= 15 is 0 Å². The second kappa shape index (κ2) is 6.26. The van der Waals surface area contributed by atoms with E-state index in [-0.39, 0.29) is 10.8 Å². The molecule has 0 saturated heterocycles. The van der Waals surface area contributed by atoms with Gasteiger partial charge in [0, 0.05) is 11.9 Å². The Balaban J connectivity index is 2.34. The molecule has 1 N–H and O–H groups in total. The van der Waals surface area contributed by atoms with E-state index in [4.69, 9.17) is 4.74 Å². The second-order valence-electron chi connectivity index (χ2n) is 4.11. The number of pyridine rings is 1. The van der Waals surface area contributed by atoms with Crippen LogP contribution in [0.3, 0.4) is 0 Å². The molecule has 0 bridgehead atoms. The summed E-state index contributed by atoms with van der Waals surface area (Å²) in [5, 5.41) is 2.91. The zero-order valence-corrected chi connectivity index (χ0v) is 12.2. The molecule has 0 aliphatic heterocycles. The molecule has 1 heterocycles. The monoisotopic (exact) mass is 314 g/mol. The molecule has 0 aliphatic rings. The number of alkyl halides is 3. The molecule has 7 heteroatoms. The lowest BCUT2D eigenvalue weighted by atomic mass is 10.2. The Morgan fingerprint density at radius 3 is 2.57 bits per heavy atom. The van der Waals surface area contributed by atoms with Crippen LogP contribution in [0.15, 0.2) is 46.3 Å². The summed E-state index contributed by atoms with van der Waals surface area (Å²) in [5.74, 6) is 0.816. The second-order valence-corrected chi connectivity index (χ2v) is 5.20. The molecule has 2 rings (SSSR count). The topological polar surface area (TPSA) is 34.1 Å². The van der Waals surface area contributed by atoms with Crippen LogP contribution < -0.4 is 10.1 Å². The van der Waals surface area contributed by atoms with Gasteiger partial charge < -0.3 is 10.1 Å². The normalized spacial score (nSPS) is 11.3. The molecule has 21 heavy (non-hydrogen) atoms. The Morgan fingerprint density at radius 2 is 1.95 bits per heavy atom. The van der Waals surface area contributed by atoms with Crippen LogP contribution in [-0.4, -0.2) is 19.1 Å². The van der Waals surface area contributed by atoms with Crippen LogP contribution in [0.1, 0.15) is 5.56 Å². The molecule has 1 aromatic carbocycles. The lowest BCUT2D eigenvalue weighted by Gasteiger charge is -2.11. The van der Waals surface area contributed by atoms with Gasteiger partial charge >= 0.3 is 6.18 Å². The van der Waals surface area contributed by atoms with E-state index in [1.165, 1.54) is 14.2 Å². The number of halogens is 3. The van der Waals surface area contributed by atoms with Crippen molar-refractivity contribution in [2.75, 3.05) is 19.5 Å². The molecule has 0 spiro atoms. The minimum Gasteiger partial charge on any atom is -0.497 e. The summed E-state index contributed by atoms with van der Waals surface area (Å²) < 4.78 is 43.7. The van der Waals surface area contributed by atoms with E-state index in [0.717, 1.165) is 28.8 Å². The highest BCUT2D eigenvalue weighted by Gasteiger charge is 2.31. The standard InChI is InChI=1S/C14H13F3N2OS/c1-18-12-6-9(14(15,16)17)7-13(19-12)21-11-5-3-4-10(8-11)20-2/h3-8H,1-2H3,(H,18,19). The third kappa shape index (κ3) is 4.04. The number of methoxy groups -OCH3 is 1. The van der Waals surface area contributed by atoms with Gasteiger partial charge in [0.2, 0.25) is 0 Å².